The SMILES string of the molecule is CCc1cnc2c(n1)[C@@H](C)O[C@@H]2C. The summed E-state index contributed by atoms with van der Waals surface area (Å²) in [6.45, 7) is 6.12. The Hall–Kier alpha value is -0.960. The van der Waals surface area contributed by atoms with Crippen molar-refractivity contribution in [1.29, 1.82) is 0 Å². The van der Waals surface area contributed by atoms with Crippen LogP contribution in [0.1, 0.15) is 50.1 Å². The van der Waals surface area contributed by atoms with Gasteiger partial charge in [-0.25, -0.2) is 0 Å². The van der Waals surface area contributed by atoms with Gasteiger partial charge in [0, 0.05) is 6.20 Å². The van der Waals surface area contributed by atoms with E-state index in [2.05, 4.69) is 16.9 Å². The molecular weight excluding hydrogens is 164 g/mol. The lowest BCUT2D eigenvalue weighted by molar-refractivity contribution is 0.0307. The molecule has 0 saturated heterocycles. The predicted molar refractivity (Wildman–Crippen MR) is 49.3 cm³/mol. The largest absolute Gasteiger partial charge is 0.363 e. The van der Waals surface area contributed by atoms with Gasteiger partial charge in [-0.1, -0.05) is 6.92 Å². The van der Waals surface area contributed by atoms with Crippen molar-refractivity contribution in [1.82, 2.24) is 9.97 Å². The molecule has 70 valence electrons. The molecule has 2 rings (SSSR count). The van der Waals surface area contributed by atoms with Crippen LogP contribution in [0, 0.1) is 0 Å². The van der Waals surface area contributed by atoms with E-state index in [1.807, 2.05) is 20.0 Å². The van der Waals surface area contributed by atoms with Crippen LogP contribution in [0.3, 0.4) is 0 Å². The minimum Gasteiger partial charge on any atom is -0.363 e. The fourth-order valence-corrected chi connectivity index (χ4v) is 1.67. The van der Waals surface area contributed by atoms with Crippen LogP contribution in [0.2, 0.25) is 0 Å². The van der Waals surface area contributed by atoms with Crippen LogP contribution in [0.4, 0.5) is 0 Å². The Morgan fingerprint density at radius 1 is 1.31 bits per heavy atom. The molecule has 1 aliphatic rings. The zero-order valence-corrected chi connectivity index (χ0v) is 8.24. The van der Waals surface area contributed by atoms with E-state index >= 15 is 0 Å². The molecule has 0 saturated carbocycles. The van der Waals surface area contributed by atoms with Gasteiger partial charge in [0.05, 0.1) is 29.3 Å². The van der Waals surface area contributed by atoms with Gasteiger partial charge in [0.25, 0.3) is 0 Å². The standard InChI is InChI=1S/C10H14N2O/c1-4-8-5-11-9-6(2)13-7(3)10(9)12-8/h5-7H,4H2,1-3H3/t6-,7-/m1/s1. The number of fused-ring (bicyclic) bond motifs is 1. The van der Waals surface area contributed by atoms with Crippen molar-refractivity contribution < 1.29 is 4.74 Å². The van der Waals surface area contributed by atoms with Gasteiger partial charge in [-0.05, 0) is 20.3 Å². The van der Waals surface area contributed by atoms with Crippen LogP contribution in [0.15, 0.2) is 6.20 Å². The molecule has 2 heterocycles. The van der Waals surface area contributed by atoms with Gasteiger partial charge < -0.3 is 4.74 Å². The van der Waals surface area contributed by atoms with Crippen LogP contribution < -0.4 is 0 Å². The summed E-state index contributed by atoms with van der Waals surface area (Å²) in [7, 11) is 0. The van der Waals surface area contributed by atoms with E-state index in [9.17, 15) is 0 Å². The maximum absolute atomic E-state index is 5.61. The third-order valence-electron chi connectivity index (χ3n) is 2.42. The zero-order valence-electron chi connectivity index (χ0n) is 8.24. The molecular formula is C10H14N2O. The maximum Gasteiger partial charge on any atom is 0.0995 e. The van der Waals surface area contributed by atoms with E-state index < -0.39 is 0 Å². The fraction of sp³-hybridized carbons (Fsp3) is 0.600. The Morgan fingerprint density at radius 3 is 2.69 bits per heavy atom. The van der Waals surface area contributed by atoms with Gasteiger partial charge in [-0.15, -0.1) is 0 Å². The molecule has 0 amide bonds. The van der Waals surface area contributed by atoms with E-state index in [1.165, 1.54) is 0 Å². The molecule has 0 fully saturated rings. The monoisotopic (exact) mass is 178 g/mol. The first-order valence-corrected chi connectivity index (χ1v) is 4.73. The Bertz CT molecular complexity index is 325. The Kier molecular flexibility index (Phi) is 2.04. The molecule has 0 N–H and O–H groups in total. The topological polar surface area (TPSA) is 35.0 Å². The van der Waals surface area contributed by atoms with Gasteiger partial charge in [0.2, 0.25) is 0 Å². The summed E-state index contributed by atoms with van der Waals surface area (Å²) in [4.78, 5) is 8.89. The third kappa shape index (κ3) is 1.33. The summed E-state index contributed by atoms with van der Waals surface area (Å²) in [6.07, 6.45) is 2.98. The van der Waals surface area contributed by atoms with Gasteiger partial charge in [0.15, 0.2) is 0 Å². The number of nitrogens with zero attached hydrogens (tertiary/aromatic N) is 2. The van der Waals surface area contributed by atoms with Crippen LogP contribution in [-0.2, 0) is 11.2 Å². The smallest absolute Gasteiger partial charge is 0.0995 e. The number of rotatable bonds is 1. The van der Waals surface area contributed by atoms with Gasteiger partial charge in [-0.2, -0.15) is 0 Å². The lowest BCUT2D eigenvalue weighted by atomic mass is 10.2. The molecule has 3 heteroatoms. The minimum atomic E-state index is 0.100. The summed E-state index contributed by atoms with van der Waals surface area (Å²) in [5.41, 5.74) is 3.07. The van der Waals surface area contributed by atoms with Crippen LogP contribution in [0.25, 0.3) is 0 Å². The fourth-order valence-electron chi connectivity index (χ4n) is 1.67. The molecule has 3 nitrogen and oxygen atoms in total. The normalized spacial score (nSPS) is 26.1. The number of aryl methyl sites for hydroxylation is 1. The van der Waals surface area contributed by atoms with Crippen molar-refractivity contribution in [2.75, 3.05) is 0 Å². The van der Waals surface area contributed by atoms with Crippen LogP contribution in [0.5, 0.6) is 0 Å². The second-order valence-electron chi connectivity index (χ2n) is 3.41. The second-order valence-corrected chi connectivity index (χ2v) is 3.41. The van der Waals surface area contributed by atoms with Crippen molar-refractivity contribution in [2.45, 2.75) is 39.4 Å². The first-order chi connectivity index (χ1) is 6.22. The molecule has 0 radical (unpaired) electrons. The van der Waals surface area contributed by atoms with E-state index in [0.29, 0.717) is 0 Å². The van der Waals surface area contributed by atoms with Gasteiger partial charge in [0.1, 0.15) is 0 Å². The first-order valence-electron chi connectivity index (χ1n) is 4.73. The predicted octanol–water partition coefficient (Wildman–Crippen LogP) is 2.19. The summed E-state index contributed by atoms with van der Waals surface area (Å²) in [5.74, 6) is 0. The van der Waals surface area contributed by atoms with Gasteiger partial charge >= 0.3 is 0 Å². The van der Waals surface area contributed by atoms with Crippen molar-refractivity contribution in [2.24, 2.45) is 0 Å². The highest BCUT2D eigenvalue weighted by Crippen LogP contribution is 2.35. The molecule has 1 aromatic rings. The van der Waals surface area contributed by atoms with Crippen molar-refractivity contribution >= 4 is 0 Å². The number of ether oxygens (including phenoxy) is 1. The summed E-state index contributed by atoms with van der Waals surface area (Å²) in [5, 5.41) is 0. The summed E-state index contributed by atoms with van der Waals surface area (Å²) >= 11 is 0. The average Bonchev–Trinajstić information content (AvgIpc) is 2.42. The maximum atomic E-state index is 5.61. The lowest BCUT2D eigenvalue weighted by Gasteiger charge is -2.02. The molecule has 0 bridgehead atoms. The minimum absolute atomic E-state index is 0.100. The quantitative estimate of drug-likeness (QED) is 0.661. The molecule has 13 heavy (non-hydrogen) atoms. The highest BCUT2D eigenvalue weighted by molar-refractivity contribution is 5.22. The van der Waals surface area contributed by atoms with Crippen molar-refractivity contribution in [3.8, 4) is 0 Å². The Morgan fingerprint density at radius 2 is 2.00 bits per heavy atom. The molecule has 2 atom stereocenters. The highest BCUT2D eigenvalue weighted by Gasteiger charge is 2.28. The molecule has 1 aliphatic heterocycles. The summed E-state index contributed by atoms with van der Waals surface area (Å²) < 4.78 is 5.61. The van der Waals surface area contributed by atoms with Crippen LogP contribution in [-0.4, -0.2) is 9.97 Å². The van der Waals surface area contributed by atoms with E-state index in [0.717, 1.165) is 23.5 Å². The first kappa shape index (κ1) is 8.63. The van der Waals surface area contributed by atoms with Crippen molar-refractivity contribution in [3.05, 3.63) is 23.3 Å². The molecule has 0 aromatic carbocycles. The summed E-state index contributed by atoms with van der Waals surface area (Å²) in [6, 6.07) is 0. The lowest BCUT2D eigenvalue weighted by Crippen LogP contribution is -1.99. The van der Waals surface area contributed by atoms with Gasteiger partial charge in [-0.3, -0.25) is 9.97 Å². The van der Waals surface area contributed by atoms with Crippen LogP contribution >= 0.6 is 0 Å². The highest BCUT2D eigenvalue weighted by atomic mass is 16.5. The van der Waals surface area contributed by atoms with E-state index in [-0.39, 0.29) is 12.2 Å². The molecule has 0 spiro atoms. The Balaban J connectivity index is 2.46. The van der Waals surface area contributed by atoms with E-state index in [1.54, 1.807) is 0 Å². The average molecular weight is 178 g/mol. The number of hydrogen-bond donors (Lipinski definition) is 0. The van der Waals surface area contributed by atoms with Crippen molar-refractivity contribution in [3.63, 3.8) is 0 Å². The third-order valence-corrected chi connectivity index (χ3v) is 2.42. The molecule has 0 unspecified atom stereocenters. The molecule has 1 aromatic heterocycles. The number of aromatic nitrogens is 2. The molecule has 0 aliphatic carbocycles. The second kappa shape index (κ2) is 3.07. The Labute approximate surface area is 78.2 Å². The van der Waals surface area contributed by atoms with E-state index in [4.69, 9.17) is 4.74 Å². The number of hydrogen-bond acceptors (Lipinski definition) is 3. The zero-order chi connectivity index (χ0) is 9.42.